The minimum absolute atomic E-state index is 0.250. The molecule has 120 valence electrons. The Balaban J connectivity index is 2.21. The molecule has 1 saturated carbocycles. The maximum absolute atomic E-state index is 10.6. The third-order valence-electron chi connectivity index (χ3n) is 5.09. The molecule has 20 heavy (non-hydrogen) atoms. The topological polar surface area (TPSA) is 29.5 Å². The smallest absolute Gasteiger partial charge is 0.0938 e. The summed E-state index contributed by atoms with van der Waals surface area (Å²) < 4.78 is 5.77. The quantitative estimate of drug-likeness (QED) is 0.567. The highest BCUT2D eigenvalue weighted by Crippen LogP contribution is 2.38. The summed E-state index contributed by atoms with van der Waals surface area (Å²) in [6.07, 6.45) is 14.3. The van der Waals surface area contributed by atoms with E-state index in [0.29, 0.717) is 5.92 Å². The van der Waals surface area contributed by atoms with Crippen LogP contribution in [-0.2, 0) is 4.74 Å². The first-order chi connectivity index (χ1) is 9.64. The molecule has 1 N–H and O–H groups in total. The van der Waals surface area contributed by atoms with E-state index in [0.717, 1.165) is 25.7 Å². The van der Waals surface area contributed by atoms with Crippen LogP contribution in [0.15, 0.2) is 0 Å². The van der Waals surface area contributed by atoms with E-state index in [-0.39, 0.29) is 11.7 Å². The minimum atomic E-state index is -0.272. The van der Waals surface area contributed by atoms with Crippen LogP contribution in [0.1, 0.15) is 90.9 Å². The lowest BCUT2D eigenvalue weighted by atomic mass is 9.74. The Morgan fingerprint density at radius 1 is 1.15 bits per heavy atom. The van der Waals surface area contributed by atoms with Gasteiger partial charge in [-0.3, -0.25) is 0 Å². The molecular weight excluding hydrogens is 248 g/mol. The second-order valence-electron chi connectivity index (χ2n) is 6.90. The van der Waals surface area contributed by atoms with Crippen molar-refractivity contribution in [2.45, 2.75) is 103 Å². The van der Waals surface area contributed by atoms with Crippen molar-refractivity contribution in [3.63, 3.8) is 0 Å². The van der Waals surface area contributed by atoms with E-state index in [1.807, 2.05) is 0 Å². The van der Waals surface area contributed by atoms with Crippen molar-refractivity contribution < 1.29 is 9.84 Å². The molecule has 0 radical (unpaired) electrons. The van der Waals surface area contributed by atoms with Crippen molar-refractivity contribution in [1.82, 2.24) is 0 Å². The molecule has 1 fully saturated rings. The Morgan fingerprint density at radius 2 is 1.80 bits per heavy atom. The zero-order valence-electron chi connectivity index (χ0n) is 14.0. The zero-order valence-corrected chi connectivity index (χ0v) is 14.0. The normalized spacial score (nSPS) is 28.5. The number of hydrogen-bond donors (Lipinski definition) is 1. The minimum Gasteiger partial charge on any atom is -0.390 e. The van der Waals surface area contributed by atoms with Crippen LogP contribution in [0.2, 0.25) is 0 Å². The summed E-state index contributed by atoms with van der Waals surface area (Å²) in [6, 6.07) is 0. The number of aliphatic hydroxyl groups is 1. The molecule has 0 amide bonds. The summed E-state index contributed by atoms with van der Waals surface area (Å²) in [6.45, 7) is 4.54. The first-order valence-corrected chi connectivity index (χ1v) is 8.88. The van der Waals surface area contributed by atoms with Crippen LogP contribution in [0.25, 0.3) is 0 Å². The van der Waals surface area contributed by atoms with Gasteiger partial charge in [-0.25, -0.2) is 0 Å². The summed E-state index contributed by atoms with van der Waals surface area (Å²) >= 11 is 0. The molecule has 1 aliphatic carbocycles. The Morgan fingerprint density at radius 3 is 2.40 bits per heavy atom. The fraction of sp³-hybridized carbons (Fsp3) is 1.00. The van der Waals surface area contributed by atoms with E-state index in [1.165, 1.54) is 51.4 Å². The third kappa shape index (κ3) is 5.73. The van der Waals surface area contributed by atoms with Crippen molar-refractivity contribution >= 4 is 0 Å². The highest BCUT2D eigenvalue weighted by molar-refractivity contribution is 4.92. The van der Waals surface area contributed by atoms with Crippen LogP contribution < -0.4 is 0 Å². The molecule has 0 saturated heterocycles. The molecule has 0 aromatic rings. The molecule has 3 atom stereocenters. The SMILES string of the molecule is CCCCCCCCCC(O)C1(OC)CCCC(C)C1. The van der Waals surface area contributed by atoms with Crippen LogP contribution >= 0.6 is 0 Å². The lowest BCUT2D eigenvalue weighted by molar-refractivity contribution is -0.134. The molecule has 0 aromatic heterocycles. The first-order valence-electron chi connectivity index (χ1n) is 8.88. The van der Waals surface area contributed by atoms with Crippen LogP contribution in [0, 0.1) is 5.92 Å². The summed E-state index contributed by atoms with van der Waals surface area (Å²) in [5, 5.41) is 10.6. The van der Waals surface area contributed by atoms with Gasteiger partial charge in [0.15, 0.2) is 0 Å². The lowest BCUT2D eigenvalue weighted by Gasteiger charge is -2.42. The van der Waals surface area contributed by atoms with Gasteiger partial charge < -0.3 is 9.84 Å². The summed E-state index contributed by atoms with van der Waals surface area (Å²) in [5.74, 6) is 0.687. The van der Waals surface area contributed by atoms with Crippen LogP contribution in [0.4, 0.5) is 0 Å². The molecule has 0 aliphatic heterocycles. The number of methoxy groups -OCH3 is 1. The molecule has 0 heterocycles. The van der Waals surface area contributed by atoms with Crippen molar-refractivity contribution in [3.05, 3.63) is 0 Å². The fourth-order valence-corrected chi connectivity index (χ4v) is 3.73. The maximum Gasteiger partial charge on any atom is 0.0938 e. The Labute approximate surface area is 126 Å². The van der Waals surface area contributed by atoms with E-state index in [4.69, 9.17) is 4.74 Å². The summed E-state index contributed by atoms with van der Waals surface area (Å²) in [4.78, 5) is 0. The monoisotopic (exact) mass is 284 g/mol. The Kier molecular flexibility index (Phi) is 8.79. The van der Waals surface area contributed by atoms with Crippen LogP contribution in [0.3, 0.4) is 0 Å². The standard InChI is InChI=1S/C18H36O2/c1-4-5-6-7-8-9-10-13-17(19)18(20-3)14-11-12-16(2)15-18/h16-17,19H,4-15H2,1-3H3. The molecule has 1 aliphatic rings. The Bertz CT molecular complexity index is 242. The summed E-state index contributed by atoms with van der Waals surface area (Å²) in [7, 11) is 1.78. The van der Waals surface area contributed by atoms with Crippen molar-refractivity contribution in [1.29, 1.82) is 0 Å². The predicted octanol–water partition coefficient (Wildman–Crippen LogP) is 5.08. The highest BCUT2D eigenvalue weighted by atomic mass is 16.5. The van der Waals surface area contributed by atoms with Gasteiger partial charge in [-0.2, -0.15) is 0 Å². The van der Waals surface area contributed by atoms with E-state index in [1.54, 1.807) is 7.11 Å². The highest BCUT2D eigenvalue weighted by Gasteiger charge is 2.40. The van der Waals surface area contributed by atoms with Gasteiger partial charge in [-0.15, -0.1) is 0 Å². The van der Waals surface area contributed by atoms with E-state index < -0.39 is 0 Å². The number of hydrogen-bond acceptors (Lipinski definition) is 2. The first kappa shape index (κ1) is 18.0. The molecule has 1 rings (SSSR count). The molecule has 2 heteroatoms. The fourth-order valence-electron chi connectivity index (χ4n) is 3.73. The maximum atomic E-state index is 10.6. The van der Waals surface area contributed by atoms with Crippen LogP contribution in [0.5, 0.6) is 0 Å². The third-order valence-corrected chi connectivity index (χ3v) is 5.09. The van der Waals surface area contributed by atoms with Gasteiger partial charge in [0.05, 0.1) is 11.7 Å². The predicted molar refractivity (Wildman–Crippen MR) is 86.0 cm³/mol. The van der Waals surface area contributed by atoms with Crippen LogP contribution in [-0.4, -0.2) is 23.9 Å². The molecule has 0 spiro atoms. The van der Waals surface area contributed by atoms with Crippen molar-refractivity contribution in [3.8, 4) is 0 Å². The van der Waals surface area contributed by atoms with Gasteiger partial charge >= 0.3 is 0 Å². The van der Waals surface area contributed by atoms with Crippen molar-refractivity contribution in [2.75, 3.05) is 7.11 Å². The van der Waals surface area contributed by atoms with Gasteiger partial charge in [0.2, 0.25) is 0 Å². The van der Waals surface area contributed by atoms with Gasteiger partial charge in [0, 0.05) is 7.11 Å². The van der Waals surface area contributed by atoms with Gasteiger partial charge in [0.25, 0.3) is 0 Å². The largest absolute Gasteiger partial charge is 0.390 e. The second kappa shape index (κ2) is 9.78. The number of rotatable bonds is 10. The number of unbranched alkanes of at least 4 members (excludes halogenated alkanes) is 6. The molecule has 0 bridgehead atoms. The number of aliphatic hydroxyl groups excluding tert-OH is 1. The van der Waals surface area contributed by atoms with Gasteiger partial charge in [-0.05, 0) is 25.2 Å². The molecule has 0 aromatic carbocycles. The summed E-state index contributed by atoms with van der Waals surface area (Å²) in [5.41, 5.74) is -0.250. The molecular formula is C18H36O2. The molecule has 2 nitrogen and oxygen atoms in total. The second-order valence-corrected chi connectivity index (χ2v) is 6.90. The van der Waals surface area contributed by atoms with E-state index in [2.05, 4.69) is 13.8 Å². The van der Waals surface area contributed by atoms with E-state index >= 15 is 0 Å². The lowest BCUT2D eigenvalue weighted by Crippen LogP contribution is -2.47. The van der Waals surface area contributed by atoms with Gasteiger partial charge in [-0.1, -0.05) is 71.6 Å². The zero-order chi connectivity index (χ0) is 14.8. The molecule has 3 unspecified atom stereocenters. The Hall–Kier alpha value is -0.0800. The van der Waals surface area contributed by atoms with E-state index in [9.17, 15) is 5.11 Å². The van der Waals surface area contributed by atoms with Crippen molar-refractivity contribution in [2.24, 2.45) is 5.92 Å². The average Bonchev–Trinajstić information content (AvgIpc) is 2.46. The van der Waals surface area contributed by atoms with Gasteiger partial charge in [0.1, 0.15) is 0 Å². The average molecular weight is 284 g/mol. The number of ether oxygens (including phenoxy) is 1.